The molecule has 0 N–H and O–H groups in total. The smallest absolute Gasteiger partial charge is 0.166 e. The van der Waals surface area contributed by atoms with Gasteiger partial charge in [-0.1, -0.05) is 12.1 Å². The lowest BCUT2D eigenvalue weighted by molar-refractivity contribution is 0.0961. The van der Waals surface area contributed by atoms with E-state index >= 15 is 0 Å². The Balaban J connectivity index is 1.97. The molecule has 21 heavy (non-hydrogen) atoms. The van der Waals surface area contributed by atoms with Gasteiger partial charge in [0.05, 0.1) is 6.61 Å². The molecule has 0 aliphatic rings. The molecule has 2 aromatic carbocycles. The minimum absolute atomic E-state index is 0.0436. The molecule has 0 fully saturated rings. The standard InChI is InChI=1S/C18H19FO2/c1-12-4-5-13(2)18(14(12)3)21-11-10-17(20)15-6-8-16(19)9-7-15/h4-9H,10-11H2,1-3H3. The van der Waals surface area contributed by atoms with Crippen LogP contribution in [0.15, 0.2) is 36.4 Å². The first-order chi connectivity index (χ1) is 9.99. The molecule has 0 atom stereocenters. The number of rotatable bonds is 5. The molecule has 0 amide bonds. The predicted octanol–water partition coefficient (Wildman–Crippen LogP) is 4.40. The number of hydrogen-bond acceptors (Lipinski definition) is 2. The van der Waals surface area contributed by atoms with Gasteiger partial charge in [-0.05, 0) is 61.7 Å². The van der Waals surface area contributed by atoms with Gasteiger partial charge in [0.15, 0.2) is 5.78 Å². The van der Waals surface area contributed by atoms with Crippen molar-refractivity contribution in [3.8, 4) is 5.75 Å². The number of ketones is 1. The number of benzene rings is 2. The molecule has 0 saturated heterocycles. The van der Waals surface area contributed by atoms with E-state index in [2.05, 4.69) is 6.07 Å². The highest BCUT2D eigenvalue weighted by atomic mass is 19.1. The first-order valence-corrected chi connectivity index (χ1v) is 6.97. The summed E-state index contributed by atoms with van der Waals surface area (Å²) in [6.07, 6.45) is 0.276. The molecule has 0 heterocycles. The largest absolute Gasteiger partial charge is 0.493 e. The van der Waals surface area contributed by atoms with E-state index in [0.717, 1.165) is 16.9 Å². The van der Waals surface area contributed by atoms with Crippen LogP contribution in [0.25, 0.3) is 0 Å². The van der Waals surface area contributed by atoms with E-state index in [-0.39, 0.29) is 18.0 Å². The quantitative estimate of drug-likeness (QED) is 0.761. The summed E-state index contributed by atoms with van der Waals surface area (Å²) in [7, 11) is 0. The molecule has 110 valence electrons. The maximum atomic E-state index is 12.8. The monoisotopic (exact) mass is 286 g/mol. The summed E-state index contributed by atoms with van der Waals surface area (Å²) >= 11 is 0. The molecule has 0 radical (unpaired) electrons. The van der Waals surface area contributed by atoms with Crippen molar-refractivity contribution < 1.29 is 13.9 Å². The Morgan fingerprint density at radius 2 is 1.62 bits per heavy atom. The van der Waals surface area contributed by atoms with Crippen LogP contribution < -0.4 is 4.74 Å². The highest BCUT2D eigenvalue weighted by molar-refractivity contribution is 5.96. The van der Waals surface area contributed by atoms with Gasteiger partial charge in [0.1, 0.15) is 11.6 Å². The van der Waals surface area contributed by atoms with Crippen molar-refractivity contribution in [3.63, 3.8) is 0 Å². The summed E-state index contributed by atoms with van der Waals surface area (Å²) in [5.74, 6) is 0.466. The number of Topliss-reactive ketones (excluding diaryl/α,β-unsaturated/α-hetero) is 1. The molecule has 0 spiro atoms. The average molecular weight is 286 g/mol. The van der Waals surface area contributed by atoms with Crippen molar-refractivity contribution in [2.45, 2.75) is 27.2 Å². The Kier molecular flexibility index (Phi) is 4.73. The van der Waals surface area contributed by atoms with Gasteiger partial charge in [0.2, 0.25) is 0 Å². The van der Waals surface area contributed by atoms with Crippen molar-refractivity contribution in [3.05, 3.63) is 64.5 Å². The summed E-state index contributed by atoms with van der Waals surface area (Å²) in [5, 5.41) is 0. The Hall–Kier alpha value is -2.16. The third kappa shape index (κ3) is 3.69. The van der Waals surface area contributed by atoms with Crippen LogP contribution in [0.5, 0.6) is 5.75 Å². The number of halogens is 1. The molecular weight excluding hydrogens is 267 g/mol. The van der Waals surface area contributed by atoms with Gasteiger partial charge in [0, 0.05) is 12.0 Å². The summed E-state index contributed by atoms with van der Waals surface area (Å²) in [6.45, 7) is 6.36. The number of hydrogen-bond donors (Lipinski definition) is 0. The lowest BCUT2D eigenvalue weighted by Crippen LogP contribution is -2.08. The van der Waals surface area contributed by atoms with Gasteiger partial charge in [0.25, 0.3) is 0 Å². The zero-order valence-corrected chi connectivity index (χ0v) is 12.6. The van der Waals surface area contributed by atoms with Crippen LogP contribution >= 0.6 is 0 Å². The first kappa shape index (κ1) is 15.2. The second-order valence-corrected chi connectivity index (χ2v) is 5.18. The first-order valence-electron chi connectivity index (χ1n) is 6.97. The van der Waals surface area contributed by atoms with Gasteiger partial charge >= 0.3 is 0 Å². The van der Waals surface area contributed by atoms with Gasteiger partial charge < -0.3 is 4.74 Å². The van der Waals surface area contributed by atoms with Crippen molar-refractivity contribution in [2.75, 3.05) is 6.61 Å². The Morgan fingerprint density at radius 1 is 1.00 bits per heavy atom. The van der Waals surface area contributed by atoms with Crippen LogP contribution in [-0.4, -0.2) is 12.4 Å². The van der Waals surface area contributed by atoms with E-state index in [1.165, 1.54) is 29.8 Å². The lowest BCUT2D eigenvalue weighted by Gasteiger charge is -2.13. The van der Waals surface area contributed by atoms with Crippen LogP contribution in [0.4, 0.5) is 4.39 Å². The van der Waals surface area contributed by atoms with Gasteiger partial charge in [-0.25, -0.2) is 4.39 Å². The van der Waals surface area contributed by atoms with E-state index in [4.69, 9.17) is 4.74 Å². The maximum Gasteiger partial charge on any atom is 0.166 e. The predicted molar refractivity (Wildman–Crippen MR) is 81.5 cm³/mol. The molecule has 0 aliphatic carbocycles. The second kappa shape index (κ2) is 6.53. The second-order valence-electron chi connectivity index (χ2n) is 5.18. The van der Waals surface area contributed by atoms with Crippen LogP contribution in [0.2, 0.25) is 0 Å². The molecule has 0 bridgehead atoms. The zero-order chi connectivity index (χ0) is 15.4. The van der Waals surface area contributed by atoms with Gasteiger partial charge in [-0.15, -0.1) is 0 Å². The fourth-order valence-electron chi connectivity index (χ4n) is 2.17. The zero-order valence-electron chi connectivity index (χ0n) is 12.6. The fraction of sp³-hybridized carbons (Fsp3) is 0.278. The van der Waals surface area contributed by atoms with Gasteiger partial charge in [-0.3, -0.25) is 4.79 Å². The Bertz CT molecular complexity index is 645. The molecule has 0 saturated carbocycles. The molecular formula is C18H19FO2. The Morgan fingerprint density at radius 3 is 2.29 bits per heavy atom. The Labute approximate surface area is 124 Å². The molecule has 0 unspecified atom stereocenters. The van der Waals surface area contributed by atoms with E-state index in [0.29, 0.717) is 12.2 Å². The number of carbonyl (C=O) groups excluding carboxylic acids is 1. The maximum absolute atomic E-state index is 12.8. The third-order valence-corrected chi connectivity index (χ3v) is 3.62. The molecule has 2 nitrogen and oxygen atoms in total. The topological polar surface area (TPSA) is 26.3 Å². The SMILES string of the molecule is Cc1ccc(C)c(OCCC(=O)c2ccc(F)cc2)c1C. The highest BCUT2D eigenvalue weighted by Gasteiger charge is 2.09. The van der Waals surface area contributed by atoms with E-state index in [1.54, 1.807) is 0 Å². The molecule has 0 aromatic heterocycles. The van der Waals surface area contributed by atoms with Crippen LogP contribution in [0.3, 0.4) is 0 Å². The summed E-state index contributed by atoms with van der Waals surface area (Å²) in [6, 6.07) is 9.66. The lowest BCUT2D eigenvalue weighted by atomic mass is 10.1. The fourth-order valence-corrected chi connectivity index (χ4v) is 2.17. The van der Waals surface area contributed by atoms with E-state index < -0.39 is 0 Å². The molecule has 2 rings (SSSR count). The van der Waals surface area contributed by atoms with Gasteiger partial charge in [-0.2, -0.15) is 0 Å². The van der Waals surface area contributed by atoms with Crippen molar-refractivity contribution >= 4 is 5.78 Å². The minimum Gasteiger partial charge on any atom is -0.493 e. The summed E-state index contributed by atoms with van der Waals surface area (Å²) in [5.41, 5.74) is 3.84. The van der Waals surface area contributed by atoms with E-state index in [9.17, 15) is 9.18 Å². The molecule has 0 aliphatic heterocycles. The third-order valence-electron chi connectivity index (χ3n) is 3.62. The van der Waals surface area contributed by atoms with Crippen molar-refractivity contribution in [1.82, 2.24) is 0 Å². The minimum atomic E-state index is -0.339. The van der Waals surface area contributed by atoms with E-state index in [1.807, 2.05) is 26.8 Å². The molecule has 3 heteroatoms. The van der Waals surface area contributed by atoms with Crippen LogP contribution in [0.1, 0.15) is 33.5 Å². The van der Waals surface area contributed by atoms with Crippen molar-refractivity contribution in [1.29, 1.82) is 0 Å². The number of aryl methyl sites for hydroxylation is 2. The number of carbonyl (C=O) groups is 1. The highest BCUT2D eigenvalue weighted by Crippen LogP contribution is 2.25. The van der Waals surface area contributed by atoms with Crippen molar-refractivity contribution in [2.24, 2.45) is 0 Å². The summed E-state index contributed by atoms with van der Waals surface area (Å²) < 4.78 is 18.6. The molecule has 2 aromatic rings. The normalized spacial score (nSPS) is 10.5. The van der Waals surface area contributed by atoms with Crippen LogP contribution in [-0.2, 0) is 0 Å². The summed E-state index contributed by atoms with van der Waals surface area (Å²) in [4.78, 5) is 12.0. The van der Waals surface area contributed by atoms with Crippen LogP contribution in [0, 0.1) is 26.6 Å². The average Bonchev–Trinajstić information content (AvgIpc) is 2.47. The number of ether oxygens (including phenoxy) is 1.